The molecule has 1 aliphatic rings. The molecule has 0 aliphatic carbocycles. The van der Waals surface area contributed by atoms with Gasteiger partial charge in [-0.3, -0.25) is 4.79 Å². The lowest BCUT2D eigenvalue weighted by Gasteiger charge is -2.15. The van der Waals surface area contributed by atoms with Crippen molar-refractivity contribution in [2.45, 2.75) is 6.54 Å². The van der Waals surface area contributed by atoms with Crippen molar-refractivity contribution in [3.8, 4) is 11.5 Å². The van der Waals surface area contributed by atoms with E-state index in [1.165, 1.54) is 26.9 Å². The maximum Gasteiger partial charge on any atom is 0.251 e. The van der Waals surface area contributed by atoms with Gasteiger partial charge in [-0.25, -0.2) is 0 Å². The normalized spacial score (nSPS) is 15.7. The van der Waals surface area contributed by atoms with Crippen LogP contribution in [0.5, 0.6) is 11.5 Å². The molecule has 5 aromatic rings. The molecule has 7 nitrogen and oxygen atoms in total. The van der Waals surface area contributed by atoms with Gasteiger partial charge in [-0.15, -0.1) is 0 Å². The molecular formula is C32H31NO6. The highest BCUT2D eigenvalue weighted by molar-refractivity contribution is 6.23. The minimum absolute atomic E-state index is 0.181. The molecule has 0 saturated carbocycles. The Morgan fingerprint density at radius 1 is 0.615 bits per heavy atom. The molecule has 200 valence electrons. The first-order valence-corrected chi connectivity index (χ1v) is 13.3. The molecule has 0 spiro atoms. The van der Waals surface area contributed by atoms with Crippen molar-refractivity contribution in [3.63, 3.8) is 0 Å². The molecule has 5 aromatic carbocycles. The van der Waals surface area contributed by atoms with Gasteiger partial charge in [0.25, 0.3) is 5.91 Å². The van der Waals surface area contributed by atoms with Crippen LogP contribution in [0, 0.1) is 0 Å². The summed E-state index contributed by atoms with van der Waals surface area (Å²) in [7, 11) is 0. The van der Waals surface area contributed by atoms with E-state index >= 15 is 0 Å². The molecule has 1 amide bonds. The first-order chi connectivity index (χ1) is 19.3. The van der Waals surface area contributed by atoms with Crippen molar-refractivity contribution in [2.24, 2.45) is 0 Å². The van der Waals surface area contributed by atoms with E-state index in [1.54, 1.807) is 18.2 Å². The van der Waals surface area contributed by atoms with Crippen LogP contribution in [0.25, 0.3) is 32.3 Å². The van der Waals surface area contributed by atoms with Crippen molar-refractivity contribution >= 4 is 38.2 Å². The second-order valence-corrected chi connectivity index (χ2v) is 9.46. The predicted molar refractivity (Wildman–Crippen MR) is 151 cm³/mol. The highest BCUT2D eigenvalue weighted by Gasteiger charge is 2.15. The summed E-state index contributed by atoms with van der Waals surface area (Å²) in [5.74, 6) is 0.882. The molecule has 7 heteroatoms. The maximum absolute atomic E-state index is 13.2. The number of fused-ring (bicyclic) bond motifs is 1. The third-order valence-corrected chi connectivity index (χ3v) is 6.98. The summed E-state index contributed by atoms with van der Waals surface area (Å²) in [6, 6.07) is 24.5. The lowest BCUT2D eigenvalue weighted by atomic mass is 9.92. The summed E-state index contributed by atoms with van der Waals surface area (Å²) < 4.78 is 28.3. The summed E-state index contributed by atoms with van der Waals surface area (Å²) in [5, 5.41) is 10.4. The van der Waals surface area contributed by atoms with Crippen LogP contribution in [0.3, 0.4) is 0 Å². The summed E-state index contributed by atoms with van der Waals surface area (Å²) >= 11 is 0. The van der Waals surface area contributed by atoms with Gasteiger partial charge in [-0.2, -0.15) is 0 Å². The number of ether oxygens (including phenoxy) is 5. The largest absolute Gasteiger partial charge is 0.487 e. The van der Waals surface area contributed by atoms with Crippen molar-refractivity contribution < 1.29 is 28.5 Å². The van der Waals surface area contributed by atoms with Crippen LogP contribution in [0.2, 0.25) is 0 Å². The molecule has 0 saturated heterocycles. The third-order valence-electron chi connectivity index (χ3n) is 6.98. The first kappa shape index (κ1) is 25.4. The number of carbonyl (C=O) groups is 1. The van der Waals surface area contributed by atoms with Crippen molar-refractivity contribution in [1.82, 2.24) is 5.32 Å². The van der Waals surface area contributed by atoms with Gasteiger partial charge in [-0.1, -0.05) is 54.6 Å². The molecular weight excluding hydrogens is 494 g/mol. The van der Waals surface area contributed by atoms with Gasteiger partial charge >= 0.3 is 0 Å². The second-order valence-electron chi connectivity index (χ2n) is 9.46. The Hall–Kier alpha value is -3.91. The van der Waals surface area contributed by atoms with Crippen molar-refractivity contribution in [1.29, 1.82) is 0 Å². The molecule has 0 bridgehead atoms. The molecule has 1 aliphatic heterocycles. The fourth-order valence-corrected chi connectivity index (χ4v) is 5.07. The van der Waals surface area contributed by atoms with Crippen LogP contribution < -0.4 is 14.8 Å². The van der Waals surface area contributed by atoms with E-state index in [4.69, 9.17) is 23.7 Å². The molecule has 0 atom stereocenters. The van der Waals surface area contributed by atoms with Crippen molar-refractivity contribution in [3.05, 3.63) is 83.9 Å². The average Bonchev–Trinajstić information content (AvgIpc) is 2.98. The molecule has 0 fully saturated rings. The molecule has 0 unspecified atom stereocenters. The minimum Gasteiger partial charge on any atom is -0.487 e. The molecule has 0 radical (unpaired) electrons. The lowest BCUT2D eigenvalue weighted by Crippen LogP contribution is -2.23. The van der Waals surface area contributed by atoms with Gasteiger partial charge in [0.1, 0.15) is 13.2 Å². The van der Waals surface area contributed by atoms with E-state index in [9.17, 15) is 4.79 Å². The molecule has 0 aromatic heterocycles. The Balaban J connectivity index is 1.19. The van der Waals surface area contributed by atoms with Gasteiger partial charge in [0, 0.05) is 12.1 Å². The van der Waals surface area contributed by atoms with E-state index in [0.717, 1.165) is 10.9 Å². The Labute approximate surface area is 226 Å². The zero-order valence-corrected chi connectivity index (χ0v) is 21.7. The number of carbonyl (C=O) groups excluding carboxylic acids is 1. The number of amides is 1. The topological polar surface area (TPSA) is 75.3 Å². The predicted octanol–water partition coefficient (Wildman–Crippen LogP) is 5.34. The summed E-state index contributed by atoms with van der Waals surface area (Å²) in [4.78, 5) is 13.2. The Morgan fingerprint density at radius 2 is 1.21 bits per heavy atom. The van der Waals surface area contributed by atoms with Gasteiger partial charge in [-0.05, 0) is 56.1 Å². The number of nitrogens with one attached hydrogen (secondary N) is 1. The van der Waals surface area contributed by atoms with Crippen molar-refractivity contribution in [2.75, 3.05) is 52.9 Å². The number of rotatable bonds is 3. The standard InChI is InChI=1S/C32H31NO6/c34-32(25-9-11-28-29(20-25)39-19-17-37-15-13-35-12-14-36-16-18-38-28)33-21-26-7-6-24-5-4-22-2-1-3-23-8-10-27(26)31(24)30(22)23/h1-11,20H,12-19,21H2,(H,33,34). The fraction of sp³-hybridized carbons (Fsp3) is 0.281. The quantitative estimate of drug-likeness (QED) is 0.321. The first-order valence-electron chi connectivity index (χ1n) is 13.3. The molecule has 39 heavy (non-hydrogen) atoms. The van der Waals surface area contributed by atoms with Crippen LogP contribution in [0.1, 0.15) is 15.9 Å². The zero-order valence-electron chi connectivity index (χ0n) is 21.7. The third kappa shape index (κ3) is 5.61. The summed E-state index contributed by atoms with van der Waals surface area (Å²) in [6.45, 7) is 3.96. The fourth-order valence-electron chi connectivity index (χ4n) is 5.07. The SMILES string of the molecule is O=C(NCc1ccc2ccc3cccc4ccc1c2c34)c1ccc2c(c1)OCCOCCOCCOCCO2. The van der Waals surface area contributed by atoms with Gasteiger partial charge < -0.3 is 29.0 Å². The average molecular weight is 526 g/mol. The van der Waals surface area contributed by atoms with E-state index in [1.807, 2.05) is 0 Å². The van der Waals surface area contributed by atoms with Gasteiger partial charge in [0.15, 0.2) is 11.5 Å². The van der Waals surface area contributed by atoms with Crippen LogP contribution in [0.15, 0.2) is 72.8 Å². The van der Waals surface area contributed by atoms with E-state index in [0.29, 0.717) is 76.5 Å². The molecule has 1 N–H and O–H groups in total. The highest BCUT2D eigenvalue weighted by Crippen LogP contribution is 2.36. The molecule has 1 heterocycles. The maximum atomic E-state index is 13.2. The van der Waals surface area contributed by atoms with Crippen LogP contribution in [-0.4, -0.2) is 58.8 Å². The summed E-state index contributed by atoms with van der Waals surface area (Å²) in [5.41, 5.74) is 1.57. The highest BCUT2D eigenvalue weighted by atomic mass is 16.6. The Kier molecular flexibility index (Phi) is 7.72. The Bertz CT molecular complexity index is 1570. The number of benzene rings is 5. The van der Waals surface area contributed by atoms with E-state index < -0.39 is 0 Å². The smallest absolute Gasteiger partial charge is 0.251 e. The number of hydrogen-bond donors (Lipinski definition) is 1. The van der Waals surface area contributed by atoms with Crippen LogP contribution >= 0.6 is 0 Å². The van der Waals surface area contributed by atoms with Crippen LogP contribution in [-0.2, 0) is 20.8 Å². The van der Waals surface area contributed by atoms with E-state index in [-0.39, 0.29) is 5.91 Å². The molecule has 6 rings (SSSR count). The minimum atomic E-state index is -0.181. The second kappa shape index (κ2) is 11.9. The van der Waals surface area contributed by atoms with E-state index in [2.05, 4.69) is 59.9 Å². The lowest BCUT2D eigenvalue weighted by molar-refractivity contribution is 0.00708. The Morgan fingerprint density at radius 3 is 1.92 bits per heavy atom. The summed E-state index contributed by atoms with van der Waals surface area (Å²) in [6.07, 6.45) is 0. The number of hydrogen-bond acceptors (Lipinski definition) is 6. The van der Waals surface area contributed by atoms with Gasteiger partial charge in [0.05, 0.1) is 39.6 Å². The monoisotopic (exact) mass is 525 g/mol. The van der Waals surface area contributed by atoms with Crippen LogP contribution in [0.4, 0.5) is 0 Å². The van der Waals surface area contributed by atoms with Gasteiger partial charge in [0.2, 0.25) is 0 Å². The zero-order chi connectivity index (χ0) is 26.4.